The Bertz CT molecular complexity index is 1960. The Balaban J connectivity index is 1.16. The van der Waals surface area contributed by atoms with E-state index >= 15 is 0 Å². The van der Waals surface area contributed by atoms with Crippen LogP contribution < -0.4 is 14.9 Å². The fourth-order valence-electron chi connectivity index (χ4n) is 4.54. The number of hydrogen-bond acceptors (Lipinski definition) is 7. The summed E-state index contributed by atoms with van der Waals surface area (Å²) in [6.07, 6.45) is 1.50. The van der Waals surface area contributed by atoms with E-state index in [1.165, 1.54) is 6.21 Å². The average Bonchev–Trinajstić information content (AvgIpc) is 3.09. The molecule has 0 fully saturated rings. The second-order valence-corrected chi connectivity index (χ2v) is 9.74. The molecule has 214 valence electrons. The second kappa shape index (κ2) is 12.8. The number of amides is 1. The number of esters is 1. The van der Waals surface area contributed by atoms with Crippen LogP contribution in [0.3, 0.4) is 0 Å². The zero-order valence-electron chi connectivity index (χ0n) is 23.7. The van der Waals surface area contributed by atoms with Crippen molar-refractivity contribution in [3.8, 4) is 34.0 Å². The van der Waals surface area contributed by atoms with Crippen LogP contribution in [0.25, 0.3) is 33.5 Å². The van der Waals surface area contributed by atoms with E-state index in [9.17, 15) is 9.59 Å². The fourth-order valence-corrected chi connectivity index (χ4v) is 4.54. The van der Waals surface area contributed by atoms with E-state index in [0.29, 0.717) is 39.2 Å². The lowest BCUT2D eigenvalue weighted by molar-refractivity contribution is 0.0734. The summed E-state index contributed by atoms with van der Waals surface area (Å²) >= 11 is 0. The Morgan fingerprint density at radius 1 is 0.659 bits per heavy atom. The number of ether oxygens (including phenoxy) is 2. The Kier molecular flexibility index (Phi) is 8.14. The first-order chi connectivity index (χ1) is 21.6. The molecular weight excluding hydrogens is 552 g/mol. The molecule has 1 aromatic heterocycles. The molecule has 6 aromatic rings. The molecule has 8 heteroatoms. The van der Waals surface area contributed by atoms with E-state index < -0.39 is 5.97 Å². The van der Waals surface area contributed by atoms with Gasteiger partial charge in [-0.3, -0.25) is 4.79 Å². The Hall–Kier alpha value is -6.15. The lowest BCUT2D eigenvalue weighted by Gasteiger charge is -2.11. The summed E-state index contributed by atoms with van der Waals surface area (Å²) in [6.45, 7) is 0. The minimum Gasteiger partial charge on any atom is -0.497 e. The molecule has 44 heavy (non-hydrogen) atoms. The van der Waals surface area contributed by atoms with Gasteiger partial charge in [-0.2, -0.15) is 5.10 Å². The van der Waals surface area contributed by atoms with E-state index in [2.05, 4.69) is 10.5 Å². The number of nitrogens with one attached hydrogen (secondary N) is 1. The number of rotatable bonds is 8. The highest BCUT2D eigenvalue weighted by molar-refractivity contribution is 5.96. The molecular formula is C36H26N4O4. The van der Waals surface area contributed by atoms with E-state index in [-0.39, 0.29) is 5.91 Å². The third-order valence-electron chi connectivity index (χ3n) is 6.82. The molecule has 0 aliphatic heterocycles. The third kappa shape index (κ3) is 6.34. The molecule has 0 aliphatic carbocycles. The fraction of sp³-hybridized carbons (Fsp3) is 0.0278. The summed E-state index contributed by atoms with van der Waals surface area (Å²) in [4.78, 5) is 35.2. The molecule has 0 atom stereocenters. The van der Waals surface area contributed by atoms with Gasteiger partial charge in [-0.15, -0.1) is 0 Å². The summed E-state index contributed by atoms with van der Waals surface area (Å²) < 4.78 is 10.7. The molecule has 0 unspecified atom stereocenters. The largest absolute Gasteiger partial charge is 0.497 e. The van der Waals surface area contributed by atoms with Gasteiger partial charge >= 0.3 is 5.97 Å². The second-order valence-electron chi connectivity index (χ2n) is 9.74. The zero-order chi connectivity index (χ0) is 30.3. The van der Waals surface area contributed by atoms with Crippen LogP contribution in [-0.2, 0) is 0 Å². The highest BCUT2D eigenvalue weighted by Gasteiger charge is 2.16. The third-order valence-corrected chi connectivity index (χ3v) is 6.82. The van der Waals surface area contributed by atoms with Gasteiger partial charge in [0.05, 0.1) is 41.3 Å². The summed E-state index contributed by atoms with van der Waals surface area (Å²) in [5.41, 5.74) is 8.64. The quantitative estimate of drug-likeness (QED) is 0.0907. The van der Waals surface area contributed by atoms with Crippen molar-refractivity contribution in [3.63, 3.8) is 0 Å². The Labute approximate surface area is 253 Å². The zero-order valence-corrected chi connectivity index (χ0v) is 23.7. The van der Waals surface area contributed by atoms with Crippen LogP contribution in [-0.4, -0.2) is 35.2 Å². The van der Waals surface area contributed by atoms with Gasteiger partial charge in [-0.1, -0.05) is 60.7 Å². The van der Waals surface area contributed by atoms with Crippen LogP contribution in [0.5, 0.6) is 11.5 Å². The first-order valence-corrected chi connectivity index (χ1v) is 13.8. The summed E-state index contributed by atoms with van der Waals surface area (Å²) in [7, 11) is 1.56. The number of hydrogen-bond donors (Lipinski definition) is 1. The monoisotopic (exact) mass is 578 g/mol. The first-order valence-electron chi connectivity index (χ1n) is 13.8. The molecule has 0 bridgehead atoms. The van der Waals surface area contributed by atoms with Crippen molar-refractivity contribution < 1.29 is 19.1 Å². The standard InChI is InChI=1S/C36H26N4O4/c1-43-29-19-14-27(15-20-29)35(41)40-37-23-24-12-17-30(18-13-24)44-36(42)28-16-21-31-32(22-28)39-34(26-10-6-3-7-11-26)33(38-31)25-8-4-2-5-9-25/h2-23H,1H3,(H,40,41)/b37-23-. The number of carbonyl (C=O) groups excluding carboxylic acids is 2. The van der Waals surface area contributed by atoms with Gasteiger partial charge < -0.3 is 9.47 Å². The molecule has 1 N–H and O–H groups in total. The molecule has 1 amide bonds. The van der Waals surface area contributed by atoms with Crippen LogP contribution in [0, 0.1) is 0 Å². The summed E-state index contributed by atoms with van der Waals surface area (Å²) in [5, 5.41) is 4.01. The molecule has 1 heterocycles. The topological polar surface area (TPSA) is 103 Å². The number of nitrogens with zero attached hydrogens (tertiary/aromatic N) is 3. The minimum absolute atomic E-state index is 0.346. The lowest BCUT2D eigenvalue weighted by atomic mass is 10.0. The number of hydrazone groups is 1. The number of benzene rings is 5. The maximum Gasteiger partial charge on any atom is 0.343 e. The molecule has 0 spiro atoms. The van der Waals surface area contributed by atoms with Crippen molar-refractivity contribution in [2.45, 2.75) is 0 Å². The van der Waals surface area contributed by atoms with Crippen LogP contribution in [0.1, 0.15) is 26.3 Å². The Morgan fingerprint density at radius 3 is 1.84 bits per heavy atom. The minimum atomic E-state index is -0.518. The predicted octanol–water partition coefficient (Wildman–Crippen LogP) is 6.96. The smallest absolute Gasteiger partial charge is 0.343 e. The highest BCUT2D eigenvalue weighted by Crippen LogP contribution is 2.31. The molecule has 0 saturated heterocycles. The van der Waals surface area contributed by atoms with Crippen LogP contribution in [0.15, 0.2) is 132 Å². The van der Waals surface area contributed by atoms with Crippen LogP contribution in [0.4, 0.5) is 0 Å². The summed E-state index contributed by atoms with van der Waals surface area (Å²) in [5.74, 6) is 0.164. The number of carbonyl (C=O) groups is 2. The van der Waals surface area contributed by atoms with Crippen molar-refractivity contribution >= 4 is 29.1 Å². The lowest BCUT2D eigenvalue weighted by Crippen LogP contribution is -2.17. The van der Waals surface area contributed by atoms with Crippen molar-refractivity contribution in [2.24, 2.45) is 5.10 Å². The van der Waals surface area contributed by atoms with Gasteiger partial charge in [0.25, 0.3) is 5.91 Å². The van der Waals surface area contributed by atoms with Crippen LogP contribution in [0.2, 0.25) is 0 Å². The maximum atomic E-state index is 13.1. The molecule has 6 rings (SSSR count). The van der Waals surface area contributed by atoms with Crippen molar-refractivity contribution in [1.29, 1.82) is 0 Å². The molecule has 0 aliphatic rings. The number of methoxy groups -OCH3 is 1. The highest BCUT2D eigenvalue weighted by atomic mass is 16.5. The van der Waals surface area contributed by atoms with Crippen molar-refractivity contribution in [3.05, 3.63) is 144 Å². The molecule has 5 aromatic carbocycles. The first kappa shape index (κ1) is 28.0. The average molecular weight is 579 g/mol. The van der Waals surface area contributed by atoms with E-state index in [4.69, 9.17) is 19.4 Å². The normalized spacial score (nSPS) is 10.9. The van der Waals surface area contributed by atoms with Gasteiger partial charge in [-0.25, -0.2) is 20.2 Å². The maximum absolute atomic E-state index is 13.1. The SMILES string of the molecule is COc1ccc(C(=O)N/N=C\c2ccc(OC(=O)c3ccc4nc(-c5ccccc5)c(-c5ccccc5)nc4c3)cc2)cc1. The van der Waals surface area contributed by atoms with Gasteiger partial charge in [0.1, 0.15) is 11.5 Å². The van der Waals surface area contributed by atoms with E-state index in [1.54, 1.807) is 73.8 Å². The number of fused-ring (bicyclic) bond motifs is 1. The summed E-state index contributed by atoms with van der Waals surface area (Å²) in [6, 6.07) is 38.4. The van der Waals surface area contributed by atoms with Crippen LogP contribution >= 0.6 is 0 Å². The molecule has 0 saturated carbocycles. The van der Waals surface area contributed by atoms with E-state index in [1.807, 2.05) is 60.7 Å². The molecule has 0 radical (unpaired) electrons. The van der Waals surface area contributed by atoms with Gasteiger partial charge in [0.2, 0.25) is 0 Å². The van der Waals surface area contributed by atoms with Crippen molar-refractivity contribution in [2.75, 3.05) is 7.11 Å². The van der Waals surface area contributed by atoms with Gasteiger partial charge in [-0.05, 0) is 72.3 Å². The Morgan fingerprint density at radius 2 is 1.23 bits per heavy atom. The molecule has 8 nitrogen and oxygen atoms in total. The van der Waals surface area contributed by atoms with Gasteiger partial charge in [0.15, 0.2) is 0 Å². The van der Waals surface area contributed by atoms with Gasteiger partial charge in [0, 0.05) is 16.7 Å². The number of aromatic nitrogens is 2. The van der Waals surface area contributed by atoms with Crippen molar-refractivity contribution in [1.82, 2.24) is 15.4 Å². The van der Waals surface area contributed by atoms with E-state index in [0.717, 1.165) is 22.5 Å². The predicted molar refractivity (Wildman–Crippen MR) is 170 cm³/mol.